The van der Waals surface area contributed by atoms with Crippen molar-refractivity contribution >= 4 is 23.2 Å². The van der Waals surface area contributed by atoms with Crippen LogP contribution in [0.4, 0.5) is 5.82 Å². The molecule has 0 saturated carbocycles. The van der Waals surface area contributed by atoms with Gasteiger partial charge in [-0.05, 0) is 26.8 Å². The second-order valence-electron chi connectivity index (χ2n) is 8.68. The first-order valence-electron chi connectivity index (χ1n) is 11.4. The van der Waals surface area contributed by atoms with E-state index >= 15 is 0 Å². The number of hydrogen-bond acceptors (Lipinski definition) is 7. The Kier molecular flexibility index (Phi) is 5.89. The first-order chi connectivity index (χ1) is 15.7. The topological polar surface area (TPSA) is 71.7 Å². The summed E-state index contributed by atoms with van der Waals surface area (Å²) in [6, 6.07) is 8.62. The van der Waals surface area contributed by atoms with Crippen LogP contribution in [0.1, 0.15) is 30.3 Å². The standard InChI is InChI=1S/C24H31N7O/c1-17-26-23(30-12-10-29(3)11-13-30)21-24(27-17)31(19-8-14-32-15-9-19)22(28-21)20-7-5-4-6-18(20)16-25-2/h4-7,16,19H,8-15H2,1-3H3. The van der Waals surface area contributed by atoms with Gasteiger partial charge in [0.05, 0.1) is 0 Å². The number of anilines is 1. The van der Waals surface area contributed by atoms with Crippen molar-refractivity contribution in [2.45, 2.75) is 25.8 Å². The number of piperazine rings is 1. The minimum absolute atomic E-state index is 0.296. The number of aliphatic imine (C=N–C) groups is 1. The Morgan fingerprint density at radius 3 is 2.53 bits per heavy atom. The molecule has 32 heavy (non-hydrogen) atoms. The highest BCUT2D eigenvalue weighted by atomic mass is 16.5. The monoisotopic (exact) mass is 433 g/mol. The molecule has 0 atom stereocenters. The molecule has 0 spiro atoms. The lowest BCUT2D eigenvalue weighted by Gasteiger charge is -2.33. The van der Waals surface area contributed by atoms with Crippen molar-refractivity contribution in [1.29, 1.82) is 0 Å². The van der Waals surface area contributed by atoms with Gasteiger partial charge < -0.3 is 19.1 Å². The number of fused-ring (bicyclic) bond motifs is 1. The zero-order valence-corrected chi connectivity index (χ0v) is 19.2. The highest BCUT2D eigenvalue weighted by molar-refractivity contribution is 5.93. The molecule has 0 aliphatic carbocycles. The quantitative estimate of drug-likeness (QED) is 0.589. The summed E-state index contributed by atoms with van der Waals surface area (Å²) in [5, 5.41) is 0. The van der Waals surface area contributed by atoms with E-state index in [2.05, 4.69) is 44.6 Å². The average Bonchev–Trinajstić information content (AvgIpc) is 3.19. The average molecular weight is 434 g/mol. The number of aromatic nitrogens is 4. The maximum Gasteiger partial charge on any atom is 0.166 e. The van der Waals surface area contributed by atoms with Crippen LogP contribution in [0.5, 0.6) is 0 Å². The molecule has 2 aliphatic heterocycles. The lowest BCUT2D eigenvalue weighted by atomic mass is 10.1. The molecule has 168 valence electrons. The van der Waals surface area contributed by atoms with Gasteiger partial charge in [0.1, 0.15) is 11.6 Å². The van der Waals surface area contributed by atoms with Gasteiger partial charge in [0.15, 0.2) is 17.0 Å². The molecule has 2 aromatic heterocycles. The fraction of sp³-hybridized carbons (Fsp3) is 0.500. The number of benzene rings is 1. The minimum Gasteiger partial charge on any atom is -0.381 e. The van der Waals surface area contributed by atoms with Gasteiger partial charge in [-0.25, -0.2) is 15.0 Å². The van der Waals surface area contributed by atoms with Gasteiger partial charge in [0.25, 0.3) is 0 Å². The summed E-state index contributed by atoms with van der Waals surface area (Å²) in [7, 11) is 3.97. The molecule has 2 fully saturated rings. The zero-order chi connectivity index (χ0) is 22.1. The third-order valence-corrected chi connectivity index (χ3v) is 6.46. The van der Waals surface area contributed by atoms with Crippen LogP contribution in [-0.4, -0.2) is 84.1 Å². The molecule has 8 heteroatoms. The van der Waals surface area contributed by atoms with Crippen LogP contribution in [0.25, 0.3) is 22.6 Å². The van der Waals surface area contributed by atoms with Gasteiger partial charge in [-0.1, -0.05) is 24.3 Å². The van der Waals surface area contributed by atoms with Crippen LogP contribution in [0.15, 0.2) is 29.3 Å². The van der Waals surface area contributed by atoms with E-state index in [1.165, 1.54) is 0 Å². The molecule has 2 saturated heterocycles. The van der Waals surface area contributed by atoms with E-state index in [0.717, 1.165) is 92.0 Å². The second-order valence-corrected chi connectivity index (χ2v) is 8.68. The van der Waals surface area contributed by atoms with Gasteiger partial charge in [-0.3, -0.25) is 4.99 Å². The number of ether oxygens (including phenoxy) is 1. The molecule has 4 heterocycles. The fourth-order valence-electron chi connectivity index (χ4n) is 4.74. The minimum atomic E-state index is 0.296. The van der Waals surface area contributed by atoms with Crippen molar-refractivity contribution in [2.24, 2.45) is 4.99 Å². The van der Waals surface area contributed by atoms with E-state index in [-0.39, 0.29) is 0 Å². The lowest BCUT2D eigenvalue weighted by Crippen LogP contribution is -2.45. The number of likely N-dealkylation sites (N-methyl/N-ethyl adjacent to an activating group) is 1. The molecule has 5 rings (SSSR count). The Hall–Kier alpha value is -2.84. The molecular weight excluding hydrogens is 402 g/mol. The first kappa shape index (κ1) is 21.0. The zero-order valence-electron chi connectivity index (χ0n) is 19.2. The molecule has 0 bridgehead atoms. The summed E-state index contributed by atoms with van der Waals surface area (Å²) in [6.45, 7) is 7.44. The summed E-state index contributed by atoms with van der Waals surface area (Å²) in [5.74, 6) is 2.68. The van der Waals surface area contributed by atoms with Gasteiger partial charge in [-0.2, -0.15) is 0 Å². The van der Waals surface area contributed by atoms with Gasteiger partial charge in [0, 0.05) is 69.8 Å². The van der Waals surface area contributed by atoms with Gasteiger partial charge >= 0.3 is 0 Å². The third kappa shape index (κ3) is 3.89. The molecule has 0 N–H and O–H groups in total. The number of hydrogen-bond donors (Lipinski definition) is 0. The number of rotatable bonds is 4. The van der Waals surface area contributed by atoms with Crippen LogP contribution >= 0.6 is 0 Å². The molecule has 0 amide bonds. The van der Waals surface area contributed by atoms with Crippen LogP contribution < -0.4 is 4.90 Å². The van der Waals surface area contributed by atoms with E-state index < -0.39 is 0 Å². The van der Waals surface area contributed by atoms with E-state index in [1.54, 1.807) is 7.05 Å². The number of aryl methyl sites for hydroxylation is 1. The third-order valence-electron chi connectivity index (χ3n) is 6.46. The van der Waals surface area contributed by atoms with Gasteiger partial charge in [0.2, 0.25) is 0 Å². The fourth-order valence-corrected chi connectivity index (χ4v) is 4.74. The first-order valence-corrected chi connectivity index (χ1v) is 11.4. The van der Waals surface area contributed by atoms with Crippen molar-refractivity contribution in [3.05, 3.63) is 35.7 Å². The molecule has 0 radical (unpaired) electrons. The normalized spacial score (nSPS) is 18.8. The molecular formula is C24H31N7O. The van der Waals surface area contributed by atoms with Crippen LogP contribution in [-0.2, 0) is 4.74 Å². The van der Waals surface area contributed by atoms with Crippen LogP contribution in [0.2, 0.25) is 0 Å². The molecule has 3 aromatic rings. The van der Waals surface area contributed by atoms with Crippen molar-refractivity contribution < 1.29 is 4.74 Å². The van der Waals surface area contributed by atoms with E-state index in [4.69, 9.17) is 19.7 Å². The van der Waals surface area contributed by atoms with E-state index in [1.807, 2.05) is 19.2 Å². The smallest absolute Gasteiger partial charge is 0.166 e. The Morgan fingerprint density at radius 1 is 1.03 bits per heavy atom. The maximum absolute atomic E-state index is 5.67. The lowest BCUT2D eigenvalue weighted by molar-refractivity contribution is 0.0708. The van der Waals surface area contributed by atoms with Crippen molar-refractivity contribution in [3.63, 3.8) is 0 Å². The van der Waals surface area contributed by atoms with Crippen molar-refractivity contribution in [3.8, 4) is 11.4 Å². The SMILES string of the molecule is CN=Cc1ccccc1-c1nc2c(N3CCN(C)CC3)nc(C)nc2n1C1CCOCC1. The summed E-state index contributed by atoms with van der Waals surface area (Å²) in [5.41, 5.74) is 3.95. The molecule has 0 unspecified atom stereocenters. The molecule has 2 aliphatic rings. The number of imidazole rings is 1. The summed E-state index contributed by atoms with van der Waals surface area (Å²) in [6.07, 6.45) is 3.81. The summed E-state index contributed by atoms with van der Waals surface area (Å²) < 4.78 is 8.01. The highest BCUT2D eigenvalue weighted by Crippen LogP contribution is 2.36. The van der Waals surface area contributed by atoms with Crippen LogP contribution in [0.3, 0.4) is 0 Å². The Bertz CT molecular complexity index is 1120. The van der Waals surface area contributed by atoms with Crippen molar-refractivity contribution in [1.82, 2.24) is 24.4 Å². The van der Waals surface area contributed by atoms with Gasteiger partial charge in [-0.15, -0.1) is 0 Å². The van der Waals surface area contributed by atoms with E-state index in [0.29, 0.717) is 6.04 Å². The Labute approximate surface area is 189 Å². The maximum atomic E-state index is 5.67. The molecule has 1 aromatic carbocycles. The Morgan fingerprint density at radius 2 is 1.78 bits per heavy atom. The summed E-state index contributed by atoms with van der Waals surface area (Å²) in [4.78, 5) is 24.0. The predicted octanol–water partition coefficient (Wildman–Crippen LogP) is 2.95. The predicted molar refractivity (Wildman–Crippen MR) is 128 cm³/mol. The number of nitrogens with zero attached hydrogens (tertiary/aromatic N) is 7. The summed E-state index contributed by atoms with van der Waals surface area (Å²) >= 11 is 0. The highest BCUT2D eigenvalue weighted by Gasteiger charge is 2.28. The largest absolute Gasteiger partial charge is 0.381 e. The van der Waals surface area contributed by atoms with Crippen molar-refractivity contribution in [2.75, 3.05) is 58.4 Å². The second kappa shape index (κ2) is 8.96. The van der Waals surface area contributed by atoms with Crippen LogP contribution in [0, 0.1) is 6.92 Å². The Balaban J connectivity index is 1.73. The van der Waals surface area contributed by atoms with E-state index in [9.17, 15) is 0 Å². The molecule has 8 nitrogen and oxygen atoms in total.